The van der Waals surface area contributed by atoms with Gasteiger partial charge in [-0.1, -0.05) is 12.1 Å². The quantitative estimate of drug-likeness (QED) is 0.864. The Morgan fingerprint density at radius 2 is 1.88 bits per heavy atom. The first-order valence-corrected chi connectivity index (χ1v) is 7.64. The molecule has 3 rings (SSSR count). The maximum Gasteiger partial charge on any atom is 0.338 e. The van der Waals surface area contributed by atoms with Crippen LogP contribution in [0.25, 0.3) is 0 Å². The summed E-state index contributed by atoms with van der Waals surface area (Å²) in [5, 5.41) is 9.12. The summed E-state index contributed by atoms with van der Waals surface area (Å²) in [4.78, 5) is 11.2. The molecular formula is C18H17FO6. The summed E-state index contributed by atoms with van der Waals surface area (Å²) in [6.07, 6.45) is -0.775. The van der Waals surface area contributed by atoms with Crippen molar-refractivity contribution in [1.82, 2.24) is 0 Å². The van der Waals surface area contributed by atoms with E-state index in [9.17, 15) is 9.18 Å². The highest BCUT2D eigenvalue weighted by molar-refractivity contribution is 5.88. The number of ether oxygens (including phenoxy) is 4. The average Bonchev–Trinajstić information content (AvgIpc) is 3.15. The Balaban J connectivity index is 1.88. The van der Waals surface area contributed by atoms with Crippen molar-refractivity contribution in [3.05, 3.63) is 58.9 Å². The van der Waals surface area contributed by atoms with Crippen LogP contribution in [0, 0.1) is 5.82 Å². The van der Waals surface area contributed by atoms with Crippen molar-refractivity contribution in [3.63, 3.8) is 0 Å². The van der Waals surface area contributed by atoms with Gasteiger partial charge in [0.15, 0.2) is 17.9 Å². The van der Waals surface area contributed by atoms with E-state index in [1.165, 1.54) is 12.1 Å². The number of methoxy groups -OCH3 is 1. The van der Waals surface area contributed by atoms with Crippen LogP contribution < -0.4 is 9.47 Å². The summed E-state index contributed by atoms with van der Waals surface area (Å²) in [6.45, 7) is 0.819. The van der Waals surface area contributed by atoms with Gasteiger partial charge in [-0.3, -0.25) is 0 Å². The topological polar surface area (TPSA) is 74.2 Å². The second-order valence-corrected chi connectivity index (χ2v) is 5.36. The van der Waals surface area contributed by atoms with Crippen LogP contribution in [-0.4, -0.2) is 31.4 Å². The summed E-state index contributed by atoms with van der Waals surface area (Å²) in [5.41, 5.74) is 0.639. The lowest BCUT2D eigenvalue weighted by atomic mass is 10.1. The highest BCUT2D eigenvalue weighted by Gasteiger charge is 2.27. The van der Waals surface area contributed by atoms with E-state index in [1.54, 1.807) is 31.4 Å². The van der Waals surface area contributed by atoms with Gasteiger partial charge < -0.3 is 24.1 Å². The van der Waals surface area contributed by atoms with Crippen molar-refractivity contribution < 1.29 is 33.2 Å². The first kappa shape index (κ1) is 17.2. The van der Waals surface area contributed by atoms with Crippen LogP contribution in [0.4, 0.5) is 4.39 Å². The van der Waals surface area contributed by atoms with E-state index in [0.29, 0.717) is 24.5 Å². The van der Waals surface area contributed by atoms with Gasteiger partial charge in [0.05, 0.1) is 31.5 Å². The fraction of sp³-hybridized carbons (Fsp3) is 0.278. The van der Waals surface area contributed by atoms with E-state index in [4.69, 9.17) is 24.1 Å². The Hall–Kier alpha value is -2.64. The molecule has 1 fully saturated rings. The largest absolute Gasteiger partial charge is 0.497 e. The third kappa shape index (κ3) is 3.72. The molecule has 0 spiro atoms. The fourth-order valence-electron chi connectivity index (χ4n) is 2.48. The Morgan fingerprint density at radius 1 is 1.20 bits per heavy atom. The molecule has 0 bridgehead atoms. The van der Waals surface area contributed by atoms with Gasteiger partial charge >= 0.3 is 5.97 Å². The molecule has 0 aromatic heterocycles. The number of rotatable bonds is 6. The minimum Gasteiger partial charge on any atom is -0.497 e. The van der Waals surface area contributed by atoms with Gasteiger partial charge in [-0.2, -0.15) is 0 Å². The summed E-state index contributed by atoms with van der Waals surface area (Å²) < 4.78 is 36.1. The fourth-order valence-corrected chi connectivity index (χ4v) is 2.48. The number of carbonyl (C=O) groups is 1. The second kappa shape index (κ2) is 7.50. The number of halogens is 1. The van der Waals surface area contributed by atoms with Gasteiger partial charge in [-0.15, -0.1) is 0 Å². The van der Waals surface area contributed by atoms with Gasteiger partial charge in [-0.25, -0.2) is 9.18 Å². The Labute approximate surface area is 143 Å². The molecule has 0 saturated carbocycles. The summed E-state index contributed by atoms with van der Waals surface area (Å²) >= 11 is 0. The lowest BCUT2D eigenvalue weighted by molar-refractivity contribution is -0.0462. The molecule has 2 aromatic rings. The van der Waals surface area contributed by atoms with E-state index in [0.717, 1.165) is 5.56 Å². The molecule has 0 radical (unpaired) electrons. The number of carboxylic acid groups (broad SMARTS) is 1. The first-order chi connectivity index (χ1) is 12.1. The molecule has 0 atom stereocenters. The molecule has 25 heavy (non-hydrogen) atoms. The van der Waals surface area contributed by atoms with Crippen molar-refractivity contribution >= 4 is 5.97 Å². The van der Waals surface area contributed by atoms with Crippen LogP contribution in [0.5, 0.6) is 11.5 Å². The summed E-state index contributed by atoms with van der Waals surface area (Å²) in [5.74, 6) is -1.80. The Kier molecular flexibility index (Phi) is 5.16. The average molecular weight is 348 g/mol. The van der Waals surface area contributed by atoms with Crippen molar-refractivity contribution in [1.29, 1.82) is 0 Å². The van der Waals surface area contributed by atoms with Crippen molar-refractivity contribution in [3.8, 4) is 11.5 Å². The number of aromatic carboxylic acids is 1. The van der Waals surface area contributed by atoms with Gasteiger partial charge in [0.1, 0.15) is 12.4 Å². The van der Waals surface area contributed by atoms with E-state index >= 15 is 0 Å². The van der Waals surface area contributed by atoms with Gasteiger partial charge in [0, 0.05) is 0 Å². The van der Waals surface area contributed by atoms with Crippen LogP contribution in [-0.2, 0) is 16.1 Å². The van der Waals surface area contributed by atoms with Crippen LogP contribution in [0.15, 0.2) is 36.4 Å². The smallest absolute Gasteiger partial charge is 0.338 e. The number of benzene rings is 2. The molecule has 1 heterocycles. The van der Waals surface area contributed by atoms with Crippen molar-refractivity contribution in [2.24, 2.45) is 0 Å². The highest BCUT2D eigenvalue weighted by atomic mass is 19.1. The maximum atomic E-state index is 14.6. The molecule has 1 N–H and O–H groups in total. The minimum absolute atomic E-state index is 0.0592. The molecule has 2 aromatic carbocycles. The number of carboxylic acids is 1. The van der Waals surface area contributed by atoms with Crippen LogP contribution in [0.3, 0.4) is 0 Å². The van der Waals surface area contributed by atoms with Gasteiger partial charge in [0.2, 0.25) is 0 Å². The molecule has 1 saturated heterocycles. The van der Waals surface area contributed by atoms with Crippen LogP contribution in [0.2, 0.25) is 0 Å². The molecule has 1 aliphatic heterocycles. The van der Waals surface area contributed by atoms with E-state index in [2.05, 4.69) is 0 Å². The minimum atomic E-state index is -1.37. The third-order valence-corrected chi connectivity index (χ3v) is 3.78. The highest BCUT2D eigenvalue weighted by Crippen LogP contribution is 2.35. The first-order valence-electron chi connectivity index (χ1n) is 7.64. The van der Waals surface area contributed by atoms with E-state index < -0.39 is 23.6 Å². The van der Waals surface area contributed by atoms with Crippen LogP contribution >= 0.6 is 0 Å². The summed E-state index contributed by atoms with van der Waals surface area (Å²) in [7, 11) is 1.56. The van der Waals surface area contributed by atoms with Crippen molar-refractivity contribution in [2.75, 3.05) is 20.3 Å². The molecule has 0 amide bonds. The standard InChI is InChI=1S/C18H17FO6/c1-22-12-4-2-11(3-5-12)10-25-16-14(18-23-8-9-24-18)7-6-13(15(16)19)17(20)21/h2-7,18H,8-10H2,1H3,(H,20,21). The third-order valence-electron chi connectivity index (χ3n) is 3.78. The maximum absolute atomic E-state index is 14.6. The molecule has 0 aliphatic carbocycles. The van der Waals surface area contributed by atoms with E-state index in [-0.39, 0.29) is 12.4 Å². The monoisotopic (exact) mass is 348 g/mol. The van der Waals surface area contributed by atoms with Crippen molar-refractivity contribution in [2.45, 2.75) is 12.9 Å². The molecule has 7 heteroatoms. The Morgan fingerprint density at radius 3 is 2.48 bits per heavy atom. The summed E-state index contributed by atoms with van der Waals surface area (Å²) in [6, 6.07) is 9.70. The zero-order valence-corrected chi connectivity index (χ0v) is 13.5. The number of hydrogen-bond donors (Lipinski definition) is 1. The molecule has 132 valence electrons. The van der Waals surface area contributed by atoms with E-state index in [1.807, 2.05) is 0 Å². The predicted octanol–water partition coefficient (Wildman–Crippen LogP) is 3.16. The molecule has 0 unspecified atom stereocenters. The predicted molar refractivity (Wildman–Crippen MR) is 85.3 cm³/mol. The van der Waals surface area contributed by atoms with Crippen LogP contribution in [0.1, 0.15) is 27.8 Å². The zero-order chi connectivity index (χ0) is 17.8. The van der Waals surface area contributed by atoms with Gasteiger partial charge in [-0.05, 0) is 29.8 Å². The Bertz CT molecular complexity index is 753. The van der Waals surface area contributed by atoms with Gasteiger partial charge in [0.25, 0.3) is 0 Å². The number of hydrogen-bond acceptors (Lipinski definition) is 5. The normalized spacial score (nSPS) is 14.5. The molecule has 6 nitrogen and oxygen atoms in total. The zero-order valence-electron chi connectivity index (χ0n) is 13.5. The molecule has 1 aliphatic rings. The SMILES string of the molecule is COc1ccc(COc2c(C3OCCO3)ccc(C(=O)O)c2F)cc1. The lowest BCUT2D eigenvalue weighted by Crippen LogP contribution is -2.10. The molecular weight excluding hydrogens is 331 g/mol. The lowest BCUT2D eigenvalue weighted by Gasteiger charge is -2.17. The second-order valence-electron chi connectivity index (χ2n) is 5.36.